The van der Waals surface area contributed by atoms with Crippen molar-refractivity contribution < 1.29 is 4.55 Å². The molecule has 0 aliphatic carbocycles. The van der Waals surface area contributed by atoms with E-state index in [1.807, 2.05) is 0 Å². The first-order valence-electron chi connectivity index (χ1n) is 1.96. The van der Waals surface area contributed by atoms with Crippen molar-refractivity contribution in [2.45, 2.75) is 5.03 Å². The molecule has 1 rings (SSSR count). The quantitative estimate of drug-likeness (QED) is 0.499. The molecule has 3 N–H and O–H groups in total. The highest BCUT2D eigenvalue weighted by Gasteiger charge is 2.04. The van der Waals surface area contributed by atoms with Crippen LogP contribution in [0.5, 0.6) is 0 Å². The third-order valence-corrected chi connectivity index (χ3v) is 1.32. The molecule has 44 valence electrons. The van der Waals surface area contributed by atoms with Crippen LogP contribution in [-0.2, 0) is 11.4 Å². The van der Waals surface area contributed by atoms with E-state index in [4.69, 9.17) is 5.14 Å². The van der Waals surface area contributed by atoms with Crippen LogP contribution in [0, 0.1) is 0 Å². The summed E-state index contributed by atoms with van der Waals surface area (Å²) in [4.78, 5) is 0. The lowest BCUT2D eigenvalue weighted by atomic mass is 10.8. The summed E-state index contributed by atoms with van der Waals surface area (Å²) in [5.74, 6) is 0. The minimum Gasteiger partial charge on any atom is -0.592 e. The lowest BCUT2D eigenvalue weighted by Gasteiger charge is -1.93. The van der Waals surface area contributed by atoms with Gasteiger partial charge in [0.05, 0.1) is 11.4 Å². The van der Waals surface area contributed by atoms with Gasteiger partial charge in [-0.15, -0.1) is 10.2 Å². The summed E-state index contributed by atoms with van der Waals surface area (Å²) in [6.45, 7) is 0. The second-order valence-electron chi connectivity index (χ2n) is 1.21. The molecule has 0 aliphatic rings. The smallest absolute Gasteiger partial charge is 0.283 e. The molecule has 0 aromatic carbocycles. The number of hydrogen-bond donors (Lipinski definition) is 2. The van der Waals surface area contributed by atoms with Crippen molar-refractivity contribution in [3.05, 3.63) is 12.3 Å². The van der Waals surface area contributed by atoms with Gasteiger partial charge in [-0.2, -0.15) is 0 Å². The maximum Gasteiger partial charge on any atom is 0.283 e. The fourth-order valence-corrected chi connectivity index (χ4v) is 0.704. The largest absolute Gasteiger partial charge is 0.592 e. The van der Waals surface area contributed by atoms with E-state index in [0.29, 0.717) is 5.03 Å². The molecular weight excluding hydrogens is 126 g/mol. The van der Waals surface area contributed by atoms with Crippen LogP contribution in [0.25, 0.3) is 0 Å². The van der Waals surface area contributed by atoms with E-state index in [-0.39, 0.29) is 0 Å². The highest BCUT2D eigenvalue weighted by atomic mass is 32.2. The molecule has 0 amide bonds. The molecule has 0 spiro atoms. The second kappa shape index (κ2) is 2.17. The van der Waals surface area contributed by atoms with Gasteiger partial charge in [0.15, 0.2) is 0 Å². The standard InChI is InChI=1S/C3H5N3OS/c4-8(7)3-1-2-5-6-3/h1-2H,4H2,(H,5,6). The average Bonchev–Trinajstić information content (AvgIpc) is 2.12. The minimum atomic E-state index is -1.44. The van der Waals surface area contributed by atoms with Crippen molar-refractivity contribution in [1.29, 1.82) is 0 Å². The van der Waals surface area contributed by atoms with Gasteiger partial charge in [-0.3, -0.25) is 5.10 Å². The molecule has 4 nitrogen and oxygen atoms in total. The summed E-state index contributed by atoms with van der Waals surface area (Å²) < 4.78 is 10.3. The molecule has 1 aromatic rings. The van der Waals surface area contributed by atoms with Gasteiger partial charge >= 0.3 is 0 Å². The summed E-state index contributed by atoms with van der Waals surface area (Å²) >= 11 is -1.44. The fraction of sp³-hybridized carbons (Fsp3) is 0. The first kappa shape index (κ1) is 5.61. The molecular formula is C3H5N3OS. The first-order valence-corrected chi connectivity index (χ1v) is 3.18. The average molecular weight is 131 g/mol. The number of nitrogens with one attached hydrogen (secondary N) is 1. The lowest BCUT2D eigenvalue weighted by molar-refractivity contribution is 0.592. The summed E-state index contributed by atoms with van der Waals surface area (Å²) in [5, 5.41) is 11.4. The maximum atomic E-state index is 10.3. The van der Waals surface area contributed by atoms with Crippen LogP contribution in [0.4, 0.5) is 0 Å². The summed E-state index contributed by atoms with van der Waals surface area (Å²) in [6.07, 6.45) is 1.57. The monoisotopic (exact) mass is 131 g/mol. The highest BCUT2D eigenvalue weighted by molar-refractivity contribution is 7.89. The van der Waals surface area contributed by atoms with Gasteiger partial charge < -0.3 is 4.55 Å². The summed E-state index contributed by atoms with van der Waals surface area (Å²) in [6, 6.07) is 1.57. The van der Waals surface area contributed by atoms with Crippen molar-refractivity contribution in [2.24, 2.45) is 5.14 Å². The number of nitrogens with zero attached hydrogens (tertiary/aromatic N) is 1. The molecule has 1 unspecified atom stereocenters. The third kappa shape index (κ3) is 1.00. The van der Waals surface area contributed by atoms with Crippen LogP contribution in [-0.4, -0.2) is 14.8 Å². The number of aromatic amines is 1. The van der Waals surface area contributed by atoms with Crippen LogP contribution in [0.1, 0.15) is 0 Å². The van der Waals surface area contributed by atoms with E-state index < -0.39 is 11.4 Å². The van der Waals surface area contributed by atoms with E-state index in [1.54, 1.807) is 12.3 Å². The fourth-order valence-electron chi connectivity index (χ4n) is 0.359. The lowest BCUT2D eigenvalue weighted by Crippen LogP contribution is -2.12. The zero-order valence-corrected chi connectivity index (χ0v) is 4.81. The molecule has 0 fully saturated rings. The number of hydrogen-bond acceptors (Lipinski definition) is 3. The Morgan fingerprint density at radius 3 is 2.88 bits per heavy atom. The van der Waals surface area contributed by atoms with Gasteiger partial charge in [-0.1, -0.05) is 0 Å². The van der Waals surface area contributed by atoms with Crippen molar-refractivity contribution in [1.82, 2.24) is 10.2 Å². The predicted octanol–water partition coefficient (Wildman–Crippen LogP) is -0.609. The molecule has 1 atom stereocenters. The van der Waals surface area contributed by atoms with Crippen molar-refractivity contribution in [2.75, 3.05) is 0 Å². The van der Waals surface area contributed by atoms with Crippen LogP contribution in [0.15, 0.2) is 17.3 Å². The Kier molecular flexibility index (Phi) is 1.52. The van der Waals surface area contributed by atoms with Gasteiger partial charge in [-0.25, -0.2) is 0 Å². The molecule has 5 heteroatoms. The predicted molar refractivity (Wildman–Crippen MR) is 29.2 cm³/mol. The van der Waals surface area contributed by atoms with E-state index in [1.165, 1.54) is 0 Å². The Morgan fingerprint density at radius 1 is 1.88 bits per heavy atom. The van der Waals surface area contributed by atoms with Crippen LogP contribution < -0.4 is 5.14 Å². The van der Waals surface area contributed by atoms with Crippen molar-refractivity contribution in [3.8, 4) is 0 Å². The molecule has 8 heavy (non-hydrogen) atoms. The summed E-state index contributed by atoms with van der Waals surface area (Å²) in [7, 11) is 0. The van der Waals surface area contributed by atoms with Crippen LogP contribution in [0.3, 0.4) is 0 Å². The van der Waals surface area contributed by atoms with Crippen LogP contribution >= 0.6 is 0 Å². The van der Waals surface area contributed by atoms with E-state index in [9.17, 15) is 4.55 Å². The SMILES string of the molecule is N[S+]([O-])c1cc[nH]n1. The van der Waals surface area contributed by atoms with Crippen molar-refractivity contribution >= 4 is 11.4 Å². The van der Waals surface area contributed by atoms with Gasteiger partial charge in [0.2, 0.25) is 0 Å². The molecule has 1 aromatic heterocycles. The van der Waals surface area contributed by atoms with E-state index >= 15 is 0 Å². The Bertz CT molecular complexity index is 150. The minimum absolute atomic E-state index is 0.380. The van der Waals surface area contributed by atoms with Gasteiger partial charge in [-0.05, 0) is 0 Å². The van der Waals surface area contributed by atoms with Gasteiger partial charge in [0.1, 0.15) is 0 Å². The molecule has 1 heterocycles. The topological polar surface area (TPSA) is 77.8 Å². The molecule has 0 saturated heterocycles. The van der Waals surface area contributed by atoms with E-state index in [0.717, 1.165) is 0 Å². The Balaban J connectivity index is 2.77. The number of H-pyrrole nitrogens is 1. The zero-order chi connectivity index (χ0) is 5.98. The van der Waals surface area contributed by atoms with Crippen LogP contribution in [0.2, 0.25) is 0 Å². The van der Waals surface area contributed by atoms with Crippen molar-refractivity contribution in [3.63, 3.8) is 0 Å². The number of rotatable bonds is 1. The Labute approximate surface area is 49.4 Å². The van der Waals surface area contributed by atoms with Gasteiger partial charge in [0, 0.05) is 12.3 Å². The molecule has 0 saturated carbocycles. The molecule has 0 radical (unpaired) electrons. The molecule has 0 bridgehead atoms. The normalized spacial score (nSPS) is 13.8. The Hall–Kier alpha value is -0.520. The first-order chi connectivity index (χ1) is 3.80. The van der Waals surface area contributed by atoms with E-state index in [2.05, 4.69) is 10.2 Å². The highest BCUT2D eigenvalue weighted by Crippen LogP contribution is 1.96. The summed E-state index contributed by atoms with van der Waals surface area (Å²) in [5.41, 5.74) is 0. The third-order valence-electron chi connectivity index (χ3n) is 0.681. The van der Waals surface area contributed by atoms with Gasteiger partial charge in [0.25, 0.3) is 5.03 Å². The maximum absolute atomic E-state index is 10.3. The molecule has 0 aliphatic heterocycles. The second-order valence-corrected chi connectivity index (χ2v) is 2.22. The number of aromatic nitrogens is 2. The zero-order valence-electron chi connectivity index (χ0n) is 4.00. The number of nitrogens with two attached hydrogens (primary N) is 1. The Morgan fingerprint density at radius 2 is 2.62 bits per heavy atom.